The number of rotatable bonds is 7. The highest BCUT2D eigenvalue weighted by Crippen LogP contribution is 2.50. The first kappa shape index (κ1) is 31.6. The molecule has 0 aliphatic carbocycles. The number of carbonyl (C=O) groups is 3. The molecule has 0 radical (unpaired) electrons. The van der Waals surface area contributed by atoms with Gasteiger partial charge in [0.25, 0.3) is 11.8 Å². The average molecular weight is 680 g/mol. The van der Waals surface area contributed by atoms with Gasteiger partial charge >= 0.3 is 6.03 Å². The van der Waals surface area contributed by atoms with Crippen LogP contribution in [0.15, 0.2) is 127 Å². The second-order valence-electron chi connectivity index (χ2n) is 12.9. The van der Waals surface area contributed by atoms with Crippen LogP contribution in [0.2, 0.25) is 5.02 Å². The van der Waals surface area contributed by atoms with Crippen LogP contribution >= 0.6 is 11.6 Å². The van der Waals surface area contributed by atoms with E-state index in [1.165, 1.54) is 22.9 Å². The number of halogens is 1. The normalized spacial score (nSPS) is 19.3. The number of anilines is 2. The topological polar surface area (TPSA) is 79.0 Å². The second kappa shape index (κ2) is 13.3. The summed E-state index contributed by atoms with van der Waals surface area (Å²) in [7, 11) is 0. The van der Waals surface area contributed by atoms with Gasteiger partial charge in [0.2, 0.25) is 0 Å². The number of urea groups is 1. The van der Waals surface area contributed by atoms with E-state index < -0.39 is 17.8 Å². The van der Waals surface area contributed by atoms with E-state index in [1.807, 2.05) is 78.9 Å². The summed E-state index contributed by atoms with van der Waals surface area (Å²) in [6.45, 7) is 2.18. The van der Waals surface area contributed by atoms with E-state index >= 15 is 0 Å². The summed E-state index contributed by atoms with van der Waals surface area (Å²) >= 11 is 6.57. The Kier molecular flexibility index (Phi) is 8.43. The number of hydrogen-bond acceptors (Lipinski definition) is 5. The third kappa shape index (κ3) is 5.94. The van der Waals surface area contributed by atoms with E-state index in [4.69, 9.17) is 16.3 Å². The van der Waals surface area contributed by atoms with E-state index in [9.17, 15) is 14.4 Å². The first-order valence-corrected chi connectivity index (χ1v) is 17.2. The Morgan fingerprint density at radius 2 is 1.32 bits per heavy atom. The molecule has 5 aromatic carbocycles. The summed E-state index contributed by atoms with van der Waals surface area (Å²) in [4.78, 5) is 44.5. The van der Waals surface area contributed by atoms with Crippen molar-refractivity contribution < 1.29 is 19.1 Å². The van der Waals surface area contributed by atoms with Crippen LogP contribution in [0.4, 0.5) is 16.2 Å². The molecule has 3 aliphatic heterocycles. The minimum Gasteiger partial charge on any atom is -0.487 e. The largest absolute Gasteiger partial charge is 0.487 e. The van der Waals surface area contributed by atoms with E-state index in [-0.39, 0.29) is 17.4 Å². The fraction of sp³-hybridized carbons (Fsp3) is 0.167. The Morgan fingerprint density at radius 3 is 1.90 bits per heavy atom. The van der Waals surface area contributed by atoms with Crippen LogP contribution in [0.5, 0.6) is 5.75 Å². The van der Waals surface area contributed by atoms with Crippen molar-refractivity contribution in [2.75, 3.05) is 22.9 Å². The number of carbonyl (C=O) groups excluding carboxylic acids is 3. The van der Waals surface area contributed by atoms with Crippen LogP contribution in [-0.2, 0) is 16.2 Å². The molecule has 1 saturated heterocycles. The van der Waals surface area contributed by atoms with Crippen molar-refractivity contribution in [2.45, 2.75) is 31.3 Å². The van der Waals surface area contributed by atoms with Crippen LogP contribution in [0.25, 0.3) is 6.08 Å². The monoisotopic (exact) mass is 679 g/mol. The molecule has 1 N–H and O–H groups in total. The first-order chi connectivity index (χ1) is 24.4. The van der Waals surface area contributed by atoms with Gasteiger partial charge in [-0.15, -0.1) is 0 Å². The molecule has 3 aliphatic rings. The Morgan fingerprint density at radius 1 is 0.740 bits per heavy atom. The minimum absolute atomic E-state index is 0.0834. The Bertz CT molecular complexity index is 2060. The molecule has 2 atom stereocenters. The van der Waals surface area contributed by atoms with E-state index in [2.05, 4.69) is 34.5 Å². The Hall–Kier alpha value is -5.66. The highest BCUT2D eigenvalue weighted by Gasteiger charge is 2.40. The molecule has 0 saturated carbocycles. The lowest BCUT2D eigenvalue weighted by molar-refractivity contribution is -0.122. The maximum Gasteiger partial charge on any atom is 0.335 e. The van der Waals surface area contributed by atoms with Crippen molar-refractivity contribution in [2.24, 2.45) is 0 Å². The van der Waals surface area contributed by atoms with Crippen molar-refractivity contribution in [1.82, 2.24) is 5.32 Å². The van der Waals surface area contributed by atoms with Gasteiger partial charge in [-0.2, -0.15) is 0 Å². The third-order valence-corrected chi connectivity index (χ3v) is 10.2. The van der Waals surface area contributed by atoms with Crippen LogP contribution in [0.3, 0.4) is 0 Å². The van der Waals surface area contributed by atoms with Crippen molar-refractivity contribution >= 4 is 46.9 Å². The van der Waals surface area contributed by atoms with E-state index in [0.29, 0.717) is 28.6 Å². The molecule has 8 heteroatoms. The van der Waals surface area contributed by atoms with Gasteiger partial charge in [-0.3, -0.25) is 14.9 Å². The zero-order valence-corrected chi connectivity index (χ0v) is 28.0. The molecule has 8 rings (SSSR count). The molecule has 0 aromatic heterocycles. The maximum absolute atomic E-state index is 14.2. The van der Waals surface area contributed by atoms with Gasteiger partial charge in [0, 0.05) is 30.6 Å². The quantitative estimate of drug-likeness (QED) is 0.138. The number of imide groups is 2. The lowest BCUT2D eigenvalue weighted by atomic mass is 9.76. The number of hydrogen-bond donors (Lipinski definition) is 1. The Balaban J connectivity index is 1.17. The van der Waals surface area contributed by atoms with Crippen molar-refractivity contribution in [3.8, 4) is 5.75 Å². The molecule has 3 heterocycles. The number of barbiturate groups is 1. The van der Waals surface area contributed by atoms with Crippen LogP contribution < -0.4 is 19.9 Å². The van der Waals surface area contributed by atoms with Crippen LogP contribution in [0.1, 0.15) is 58.1 Å². The summed E-state index contributed by atoms with van der Waals surface area (Å²) in [6, 6.07) is 38.7. The highest BCUT2D eigenvalue weighted by molar-refractivity contribution is 6.39. The highest BCUT2D eigenvalue weighted by atomic mass is 35.5. The number of benzene rings is 5. The lowest BCUT2D eigenvalue weighted by Gasteiger charge is -2.44. The fourth-order valence-electron chi connectivity index (χ4n) is 7.49. The zero-order chi connectivity index (χ0) is 34.2. The summed E-state index contributed by atoms with van der Waals surface area (Å²) < 4.78 is 5.90. The Labute approximate surface area is 295 Å². The minimum atomic E-state index is -0.775. The SMILES string of the molecule is O=C1NC(=O)N(c2cc3c4c(c2)[C@H](c2ccccc2)CCN4CC[C@H]3c2ccccc2)C(=O)/C1=C/c1ccc(OCc2ccccc2)c(Cl)c1. The van der Waals surface area contributed by atoms with Crippen LogP contribution in [0, 0.1) is 0 Å². The first-order valence-electron chi connectivity index (χ1n) is 16.8. The number of nitrogens with one attached hydrogen (secondary N) is 1. The average Bonchev–Trinajstić information content (AvgIpc) is 3.14. The van der Waals surface area contributed by atoms with Crippen molar-refractivity contribution in [3.63, 3.8) is 0 Å². The van der Waals surface area contributed by atoms with Gasteiger partial charge in [0.1, 0.15) is 17.9 Å². The molecular formula is C42H34ClN3O4. The molecule has 0 spiro atoms. The summed E-state index contributed by atoms with van der Waals surface area (Å²) in [5, 5.41) is 2.75. The molecule has 248 valence electrons. The van der Waals surface area contributed by atoms with Gasteiger partial charge in [-0.05, 0) is 76.6 Å². The predicted octanol–water partition coefficient (Wildman–Crippen LogP) is 8.46. The van der Waals surface area contributed by atoms with E-state index in [0.717, 1.165) is 47.5 Å². The zero-order valence-electron chi connectivity index (χ0n) is 27.2. The molecule has 1 fully saturated rings. The molecule has 50 heavy (non-hydrogen) atoms. The van der Waals surface area contributed by atoms with Crippen LogP contribution in [-0.4, -0.2) is 30.9 Å². The maximum atomic E-state index is 14.2. The third-order valence-electron chi connectivity index (χ3n) is 9.86. The fourth-order valence-corrected chi connectivity index (χ4v) is 7.73. The lowest BCUT2D eigenvalue weighted by Crippen LogP contribution is -2.54. The van der Waals surface area contributed by atoms with Crippen molar-refractivity contribution in [3.05, 3.63) is 165 Å². The summed E-state index contributed by atoms with van der Waals surface area (Å²) in [6.07, 6.45) is 3.28. The van der Waals surface area contributed by atoms with Crippen molar-refractivity contribution in [1.29, 1.82) is 0 Å². The number of amides is 4. The smallest absolute Gasteiger partial charge is 0.335 e. The van der Waals surface area contributed by atoms with Gasteiger partial charge < -0.3 is 9.64 Å². The van der Waals surface area contributed by atoms with Gasteiger partial charge in [0.15, 0.2) is 0 Å². The molecular weight excluding hydrogens is 646 g/mol. The van der Waals surface area contributed by atoms with E-state index in [1.54, 1.807) is 18.2 Å². The molecule has 5 aromatic rings. The van der Waals surface area contributed by atoms with Gasteiger partial charge in [-0.1, -0.05) is 109 Å². The van der Waals surface area contributed by atoms with Gasteiger partial charge in [0.05, 0.1) is 10.7 Å². The standard InChI is InChI=1S/C42H34ClN3O4/c43-37-23-28(16-17-38(37)50-26-27-10-4-1-5-11-27)22-36-40(47)44-42(49)46(41(36)48)31-24-34-32(29-12-6-2-7-13-29)18-20-45-21-19-33(35(25-31)39(34)45)30-14-8-3-9-15-30/h1-17,22-25,32-33H,18-21,26H2,(H,44,47,49)/b36-22+/t32-,33-/m0/s1. The molecule has 0 unspecified atom stereocenters. The molecule has 7 nitrogen and oxygen atoms in total. The predicted molar refractivity (Wildman–Crippen MR) is 196 cm³/mol. The molecule has 4 amide bonds. The molecule has 0 bridgehead atoms. The number of ether oxygens (including phenoxy) is 1. The summed E-state index contributed by atoms with van der Waals surface area (Å²) in [5.74, 6) is -0.805. The van der Waals surface area contributed by atoms with Gasteiger partial charge in [-0.25, -0.2) is 9.69 Å². The summed E-state index contributed by atoms with van der Waals surface area (Å²) in [5.41, 5.74) is 7.51. The number of nitrogens with zero attached hydrogens (tertiary/aromatic N) is 2. The second-order valence-corrected chi connectivity index (χ2v) is 13.3.